The molecule has 4 N–H and O–H groups in total. The highest BCUT2D eigenvalue weighted by atomic mass is 19.4. The number of aromatic amines is 1. The molecule has 1 heterocycles. The number of ether oxygens (including phenoxy) is 1. The van der Waals surface area contributed by atoms with E-state index in [4.69, 9.17) is 9.90 Å². The molecule has 21 heteroatoms. The first kappa shape index (κ1) is 34.3. The molecule has 0 radical (unpaired) electrons. The van der Waals surface area contributed by atoms with Crippen molar-refractivity contribution >= 4 is 23.8 Å². The van der Waals surface area contributed by atoms with Crippen LogP contribution in [-0.4, -0.2) is 87.6 Å². The second-order valence-electron chi connectivity index (χ2n) is 7.17. The Balaban J connectivity index is 0.00000181. The number of esters is 1. The molecule has 0 aliphatic carbocycles. The average Bonchev–Trinajstić information content (AvgIpc) is 3.34. The normalized spacial score (nSPS) is 12.0. The monoisotopic (exact) mass is 574 g/mol. The van der Waals surface area contributed by atoms with Gasteiger partial charge in [0, 0.05) is 32.0 Å². The standard InChI is InChI=1S/C16H24N6O10.C2HF3O2/c1-30-16(25)13(7-11-8-17-10-19-11)20-15(24)5-6-18-14(23)4-2-3-12(32-22(28)29)9-31-21(26)27;3-2(4,5)1(6)7/h8,10,12-13H,2-7,9H2,1H3,(H,17,19)(H,18,23)(H,20,24);(H,6,7). The number of nitrogens with one attached hydrogen (secondary N) is 3. The third-order valence-electron chi connectivity index (χ3n) is 4.24. The van der Waals surface area contributed by atoms with Crippen LogP contribution < -0.4 is 10.6 Å². The van der Waals surface area contributed by atoms with Crippen molar-refractivity contribution in [2.45, 2.75) is 50.4 Å². The number of nitrogens with zero attached hydrogens (tertiary/aromatic N) is 3. The van der Waals surface area contributed by atoms with Crippen molar-refractivity contribution in [1.82, 2.24) is 20.6 Å². The molecule has 0 bridgehead atoms. The molecular formula is C18H25F3N6O12. The van der Waals surface area contributed by atoms with E-state index in [9.17, 15) is 47.8 Å². The molecule has 1 rings (SSSR count). The number of carboxylic acids is 1. The number of amides is 2. The quantitative estimate of drug-likeness (QED) is 0.113. The highest BCUT2D eigenvalue weighted by Crippen LogP contribution is 2.13. The van der Waals surface area contributed by atoms with E-state index < -0.39 is 58.9 Å². The molecule has 0 saturated heterocycles. The Bertz CT molecular complexity index is 960. The summed E-state index contributed by atoms with van der Waals surface area (Å²) in [6.07, 6.45) is -3.20. The summed E-state index contributed by atoms with van der Waals surface area (Å²) in [7, 11) is 1.19. The van der Waals surface area contributed by atoms with E-state index in [-0.39, 0.29) is 38.6 Å². The third-order valence-corrected chi connectivity index (χ3v) is 4.24. The number of alkyl halides is 3. The van der Waals surface area contributed by atoms with Gasteiger partial charge in [0.2, 0.25) is 11.8 Å². The van der Waals surface area contributed by atoms with Gasteiger partial charge in [-0.25, -0.2) is 14.6 Å². The van der Waals surface area contributed by atoms with Crippen molar-refractivity contribution < 1.29 is 62.0 Å². The number of hydrogen-bond acceptors (Lipinski definition) is 12. The van der Waals surface area contributed by atoms with E-state index >= 15 is 0 Å². The summed E-state index contributed by atoms with van der Waals surface area (Å²) in [4.78, 5) is 80.2. The Hall–Kier alpha value is -4.72. The molecule has 18 nitrogen and oxygen atoms in total. The number of rotatable bonds is 16. The summed E-state index contributed by atoms with van der Waals surface area (Å²) in [5, 5.41) is 30.5. The maximum atomic E-state index is 12.1. The maximum absolute atomic E-state index is 12.1. The van der Waals surface area contributed by atoms with Gasteiger partial charge in [0.1, 0.15) is 18.8 Å². The number of aliphatic carboxylic acids is 1. The van der Waals surface area contributed by atoms with Crippen LogP contribution in [0.25, 0.3) is 0 Å². The fourth-order valence-corrected chi connectivity index (χ4v) is 2.54. The van der Waals surface area contributed by atoms with Crippen molar-refractivity contribution in [3.63, 3.8) is 0 Å². The van der Waals surface area contributed by atoms with Crippen LogP contribution in [0.3, 0.4) is 0 Å². The average molecular weight is 574 g/mol. The SMILES string of the molecule is COC(=O)C(Cc1c[nH]cn1)NC(=O)CCNC(=O)CCCC(CO[N+](=O)[O-])O[N+](=O)[O-].O=C(O)C(F)(F)F. The van der Waals surface area contributed by atoms with Crippen molar-refractivity contribution in [2.75, 3.05) is 20.3 Å². The predicted octanol–water partition coefficient (Wildman–Crippen LogP) is -0.295. The number of hydrogen-bond donors (Lipinski definition) is 4. The first-order valence-corrected chi connectivity index (χ1v) is 10.7. The molecule has 0 saturated carbocycles. The summed E-state index contributed by atoms with van der Waals surface area (Å²) in [5.41, 5.74) is 0.553. The topological polar surface area (TPSA) is 255 Å². The maximum Gasteiger partial charge on any atom is 0.490 e. The number of carboxylic acid groups (broad SMARTS) is 1. The zero-order valence-electron chi connectivity index (χ0n) is 20.2. The smallest absolute Gasteiger partial charge is 0.475 e. The number of halogens is 3. The van der Waals surface area contributed by atoms with E-state index in [0.717, 1.165) is 0 Å². The molecule has 0 aliphatic rings. The van der Waals surface area contributed by atoms with Gasteiger partial charge in [-0.1, -0.05) is 0 Å². The van der Waals surface area contributed by atoms with Crippen LogP contribution in [0.15, 0.2) is 12.5 Å². The molecule has 0 aliphatic heterocycles. The Labute approximate surface area is 216 Å². The van der Waals surface area contributed by atoms with Gasteiger partial charge in [-0.15, -0.1) is 20.2 Å². The second kappa shape index (κ2) is 17.7. The Morgan fingerprint density at radius 3 is 2.28 bits per heavy atom. The molecule has 2 atom stereocenters. The first-order chi connectivity index (χ1) is 18.1. The molecule has 2 unspecified atom stereocenters. The van der Waals surface area contributed by atoms with Crippen LogP contribution in [-0.2, 0) is 40.0 Å². The summed E-state index contributed by atoms with van der Waals surface area (Å²) >= 11 is 0. The van der Waals surface area contributed by atoms with Crippen LogP contribution in [0.1, 0.15) is 31.4 Å². The largest absolute Gasteiger partial charge is 0.490 e. The lowest BCUT2D eigenvalue weighted by atomic mass is 10.1. The molecule has 0 aromatic carbocycles. The second-order valence-corrected chi connectivity index (χ2v) is 7.17. The zero-order chi connectivity index (χ0) is 30.0. The number of H-pyrrole nitrogens is 1. The summed E-state index contributed by atoms with van der Waals surface area (Å²) in [6.45, 7) is -0.657. The number of carbonyl (C=O) groups is 4. The Morgan fingerprint density at radius 1 is 1.15 bits per heavy atom. The third kappa shape index (κ3) is 17.4. The highest BCUT2D eigenvalue weighted by molar-refractivity contribution is 5.85. The lowest BCUT2D eigenvalue weighted by Crippen LogP contribution is -2.44. The van der Waals surface area contributed by atoms with Gasteiger partial charge in [0.05, 0.1) is 19.1 Å². The minimum atomic E-state index is -5.08. The lowest BCUT2D eigenvalue weighted by molar-refractivity contribution is -0.790. The van der Waals surface area contributed by atoms with Gasteiger partial charge in [-0.3, -0.25) is 9.59 Å². The van der Waals surface area contributed by atoms with Crippen LogP contribution in [0, 0.1) is 20.2 Å². The Morgan fingerprint density at radius 2 is 1.79 bits per heavy atom. The first-order valence-electron chi connectivity index (χ1n) is 10.7. The minimum absolute atomic E-state index is 0.0137. The van der Waals surface area contributed by atoms with Gasteiger partial charge in [-0.2, -0.15) is 13.2 Å². The molecule has 220 valence electrons. The van der Waals surface area contributed by atoms with Crippen molar-refractivity contribution in [1.29, 1.82) is 0 Å². The molecule has 0 spiro atoms. The van der Waals surface area contributed by atoms with Crippen molar-refractivity contribution in [3.05, 3.63) is 38.4 Å². The van der Waals surface area contributed by atoms with Crippen LogP contribution >= 0.6 is 0 Å². The van der Waals surface area contributed by atoms with Gasteiger partial charge in [0.15, 0.2) is 0 Å². The summed E-state index contributed by atoms with van der Waals surface area (Å²) in [5.74, 6) is -4.33. The molecule has 2 amide bonds. The van der Waals surface area contributed by atoms with E-state index in [1.54, 1.807) is 6.20 Å². The van der Waals surface area contributed by atoms with E-state index in [0.29, 0.717) is 5.69 Å². The van der Waals surface area contributed by atoms with Crippen LogP contribution in [0.4, 0.5) is 13.2 Å². The Kier molecular flexibility index (Phi) is 15.5. The molecule has 1 aromatic rings. The van der Waals surface area contributed by atoms with Crippen molar-refractivity contribution in [3.8, 4) is 0 Å². The van der Waals surface area contributed by atoms with Crippen molar-refractivity contribution in [2.24, 2.45) is 0 Å². The number of imidazole rings is 1. The van der Waals surface area contributed by atoms with E-state index in [1.165, 1.54) is 13.4 Å². The fraction of sp³-hybridized carbons (Fsp3) is 0.611. The van der Waals surface area contributed by atoms with Gasteiger partial charge < -0.3 is 35.1 Å². The van der Waals surface area contributed by atoms with Crippen LogP contribution in [0.2, 0.25) is 0 Å². The molecule has 0 fully saturated rings. The minimum Gasteiger partial charge on any atom is -0.475 e. The summed E-state index contributed by atoms with van der Waals surface area (Å²) in [6, 6.07) is -0.939. The molecular weight excluding hydrogens is 549 g/mol. The number of carbonyl (C=O) groups excluding carboxylic acids is 3. The van der Waals surface area contributed by atoms with E-state index in [1.807, 2.05) is 0 Å². The number of aromatic nitrogens is 2. The fourth-order valence-electron chi connectivity index (χ4n) is 2.54. The van der Waals surface area contributed by atoms with Gasteiger partial charge >= 0.3 is 18.1 Å². The molecule has 1 aromatic heterocycles. The summed E-state index contributed by atoms with van der Waals surface area (Å²) < 4.78 is 36.4. The van der Waals surface area contributed by atoms with Crippen LogP contribution in [0.5, 0.6) is 0 Å². The lowest BCUT2D eigenvalue weighted by Gasteiger charge is -2.16. The highest BCUT2D eigenvalue weighted by Gasteiger charge is 2.38. The molecule has 39 heavy (non-hydrogen) atoms. The zero-order valence-corrected chi connectivity index (χ0v) is 20.2. The van der Waals surface area contributed by atoms with Gasteiger partial charge in [-0.05, 0) is 12.8 Å². The predicted molar refractivity (Wildman–Crippen MR) is 116 cm³/mol. The van der Waals surface area contributed by atoms with E-state index in [2.05, 4.69) is 35.0 Å². The number of methoxy groups -OCH3 is 1. The van der Waals surface area contributed by atoms with Gasteiger partial charge in [0.25, 0.3) is 10.2 Å².